The van der Waals surface area contributed by atoms with Crippen molar-refractivity contribution in [1.82, 2.24) is 14.9 Å². The van der Waals surface area contributed by atoms with Crippen LogP contribution in [0.2, 0.25) is 0 Å². The second kappa shape index (κ2) is 9.19. The average Bonchev–Trinajstić information content (AvgIpc) is 3.26. The average molecular weight is 474 g/mol. The van der Waals surface area contributed by atoms with Crippen LogP contribution in [0.15, 0.2) is 48.8 Å². The Bertz CT molecular complexity index is 1140. The minimum atomic E-state index is -4.49. The highest BCUT2D eigenvalue weighted by molar-refractivity contribution is 5.94. The molecule has 0 unspecified atom stereocenters. The minimum Gasteiger partial charge on any atom is -0.383 e. The summed E-state index contributed by atoms with van der Waals surface area (Å²) in [7, 11) is 0. The Morgan fingerprint density at radius 2 is 1.94 bits per heavy atom. The summed E-state index contributed by atoms with van der Waals surface area (Å²) in [5.74, 6) is 0.0579. The first-order valence-corrected chi connectivity index (χ1v) is 10.7. The molecule has 0 bridgehead atoms. The number of hydrogen-bond donors (Lipinski definition) is 1. The predicted molar refractivity (Wildman–Crippen MR) is 118 cm³/mol. The Balaban J connectivity index is 1.72. The Morgan fingerprint density at radius 1 is 1.15 bits per heavy atom. The van der Waals surface area contributed by atoms with Crippen LogP contribution in [0.25, 0.3) is 0 Å². The van der Waals surface area contributed by atoms with E-state index in [0.29, 0.717) is 30.3 Å². The Hall–Kier alpha value is -3.24. The molecule has 2 aliphatic rings. The van der Waals surface area contributed by atoms with Crippen LogP contribution < -0.4 is 5.73 Å². The van der Waals surface area contributed by atoms with Crippen LogP contribution in [0, 0.1) is 0 Å². The lowest BCUT2D eigenvalue weighted by Crippen LogP contribution is -2.52. The van der Waals surface area contributed by atoms with Gasteiger partial charge in [-0.05, 0) is 49.7 Å². The SMILES string of the molecule is CC1(C)CN(C(=O)c2cccnc(N)c3c(cc2)COC3)[C@@H](c2ccc(C(F)(F)F)cn2)CO1. The molecule has 2 aromatic rings. The molecule has 7 nitrogen and oxygen atoms in total. The van der Waals surface area contributed by atoms with Crippen molar-refractivity contribution in [2.45, 2.75) is 44.9 Å². The number of pyridine rings is 1. The zero-order valence-electron chi connectivity index (χ0n) is 18.8. The molecule has 34 heavy (non-hydrogen) atoms. The summed E-state index contributed by atoms with van der Waals surface area (Å²) in [6, 6.07) is 8.32. The zero-order chi connectivity index (χ0) is 24.5. The Labute approximate surface area is 195 Å². The minimum absolute atomic E-state index is 0.105. The van der Waals surface area contributed by atoms with Crippen molar-refractivity contribution in [2.75, 3.05) is 18.9 Å². The van der Waals surface area contributed by atoms with Gasteiger partial charge in [-0.25, -0.2) is 4.98 Å². The van der Waals surface area contributed by atoms with E-state index in [1.54, 1.807) is 29.2 Å². The highest BCUT2D eigenvalue weighted by Gasteiger charge is 2.39. The topological polar surface area (TPSA) is 90.6 Å². The number of alkyl halides is 3. The third-order valence-corrected chi connectivity index (χ3v) is 5.76. The van der Waals surface area contributed by atoms with Crippen LogP contribution in [-0.4, -0.2) is 39.5 Å². The van der Waals surface area contributed by atoms with Crippen LogP contribution in [-0.2, 0) is 28.9 Å². The van der Waals surface area contributed by atoms with Gasteiger partial charge in [-0.3, -0.25) is 9.78 Å². The molecular weight excluding hydrogens is 449 g/mol. The molecule has 0 radical (unpaired) electrons. The number of anilines is 1. The molecule has 1 amide bonds. The van der Waals surface area contributed by atoms with Gasteiger partial charge >= 0.3 is 6.18 Å². The molecule has 0 aliphatic carbocycles. The highest BCUT2D eigenvalue weighted by Crippen LogP contribution is 2.33. The van der Waals surface area contributed by atoms with E-state index in [1.807, 2.05) is 13.8 Å². The van der Waals surface area contributed by atoms with Crippen LogP contribution in [0.1, 0.15) is 52.6 Å². The summed E-state index contributed by atoms with van der Waals surface area (Å²) in [4.78, 5) is 23.5. The number of carbonyl (C=O) groups is 1. The molecule has 1 saturated heterocycles. The van der Waals surface area contributed by atoms with Crippen molar-refractivity contribution in [3.05, 3.63) is 76.7 Å². The lowest BCUT2D eigenvalue weighted by molar-refractivity contribution is -0.137. The predicted octanol–water partition coefficient (Wildman–Crippen LogP) is 4.22. The molecule has 4 rings (SSSR count). The van der Waals surface area contributed by atoms with Crippen LogP contribution in [0.4, 0.5) is 19.0 Å². The summed E-state index contributed by atoms with van der Waals surface area (Å²) in [6.45, 7) is 4.74. The molecule has 1 fully saturated rings. The third-order valence-electron chi connectivity index (χ3n) is 5.76. The number of nitrogen functional groups attached to an aromatic ring is 1. The lowest BCUT2D eigenvalue weighted by Gasteiger charge is -2.43. The largest absolute Gasteiger partial charge is 0.417 e. The van der Waals surface area contributed by atoms with E-state index in [1.165, 1.54) is 12.3 Å². The number of ether oxygens (including phenoxy) is 2. The lowest BCUT2D eigenvalue weighted by atomic mass is 10.0. The van der Waals surface area contributed by atoms with Crippen molar-refractivity contribution >= 4 is 11.7 Å². The first kappa shape index (κ1) is 23.9. The summed E-state index contributed by atoms with van der Waals surface area (Å²) in [5, 5.41) is 0. The quantitative estimate of drug-likeness (QED) is 0.701. The van der Waals surface area contributed by atoms with Crippen molar-refractivity contribution in [3.8, 4) is 0 Å². The van der Waals surface area contributed by atoms with E-state index >= 15 is 0 Å². The van der Waals surface area contributed by atoms with Gasteiger partial charge in [-0.2, -0.15) is 13.2 Å². The third kappa shape index (κ3) is 5.13. The second-order valence-electron chi connectivity index (χ2n) is 8.80. The second-order valence-corrected chi connectivity index (χ2v) is 8.80. The van der Waals surface area contributed by atoms with Crippen molar-refractivity contribution in [2.24, 2.45) is 0 Å². The summed E-state index contributed by atoms with van der Waals surface area (Å²) < 4.78 is 50.3. The molecule has 0 spiro atoms. The van der Waals surface area contributed by atoms with Gasteiger partial charge in [0.1, 0.15) is 5.82 Å². The number of amides is 1. The van der Waals surface area contributed by atoms with Gasteiger partial charge in [0.15, 0.2) is 0 Å². The molecule has 2 aliphatic heterocycles. The van der Waals surface area contributed by atoms with E-state index in [0.717, 1.165) is 23.4 Å². The summed E-state index contributed by atoms with van der Waals surface area (Å²) >= 11 is 0. The van der Waals surface area contributed by atoms with E-state index in [-0.39, 0.29) is 19.1 Å². The van der Waals surface area contributed by atoms with Gasteiger partial charge in [-0.1, -0.05) is 6.07 Å². The van der Waals surface area contributed by atoms with Gasteiger partial charge in [-0.15, -0.1) is 0 Å². The van der Waals surface area contributed by atoms with Crippen LogP contribution in [0.3, 0.4) is 0 Å². The van der Waals surface area contributed by atoms with E-state index in [9.17, 15) is 18.0 Å². The van der Waals surface area contributed by atoms with Crippen LogP contribution >= 0.6 is 0 Å². The highest BCUT2D eigenvalue weighted by atomic mass is 19.4. The normalized spacial score (nSPS) is 19.3. The van der Waals surface area contributed by atoms with Gasteiger partial charge in [0.25, 0.3) is 5.91 Å². The zero-order valence-corrected chi connectivity index (χ0v) is 18.8. The maximum absolute atomic E-state index is 13.7. The number of aromatic nitrogens is 2. The number of carbonyl (C=O) groups excluding carboxylic acids is 1. The van der Waals surface area contributed by atoms with E-state index < -0.39 is 23.4 Å². The smallest absolute Gasteiger partial charge is 0.383 e. The Kier molecular flexibility index (Phi) is 6.46. The molecule has 10 heteroatoms. The summed E-state index contributed by atoms with van der Waals surface area (Å²) in [5.41, 5.74) is 6.83. The fourth-order valence-corrected chi connectivity index (χ4v) is 3.92. The molecule has 2 aromatic heterocycles. The number of halogens is 3. The first-order valence-electron chi connectivity index (χ1n) is 10.7. The molecule has 2 N–H and O–H groups in total. The monoisotopic (exact) mass is 474 g/mol. The van der Waals surface area contributed by atoms with E-state index in [4.69, 9.17) is 15.2 Å². The summed E-state index contributed by atoms with van der Waals surface area (Å²) in [6.07, 6.45) is -2.21. The molecule has 0 aromatic carbocycles. The van der Waals surface area contributed by atoms with Gasteiger partial charge in [0.2, 0.25) is 0 Å². The first-order chi connectivity index (χ1) is 16.0. The molecular formula is C24H25F3N4O3. The standard InChI is InChI=1S/C24H25F3N4O3/c1-23(2)14-31(20(13-34-23)19-8-7-17(10-30-19)24(25,26)27)22(32)15-4-3-9-29-21(28)18-12-33-11-16(18)6-5-15/h3-10,20H,11-14H2,1-2H3,(H2,28,29)/t20-/m1/s1. The van der Waals surface area contributed by atoms with Crippen molar-refractivity contribution in [1.29, 1.82) is 0 Å². The fourth-order valence-electron chi connectivity index (χ4n) is 3.92. The molecule has 180 valence electrons. The van der Waals surface area contributed by atoms with Gasteiger partial charge in [0.05, 0.1) is 49.3 Å². The van der Waals surface area contributed by atoms with Crippen LogP contribution in [0.5, 0.6) is 0 Å². The van der Waals surface area contributed by atoms with Crippen molar-refractivity contribution < 1.29 is 27.4 Å². The number of hydrogen-bond acceptors (Lipinski definition) is 6. The van der Waals surface area contributed by atoms with Gasteiger partial charge in [0, 0.05) is 23.5 Å². The van der Waals surface area contributed by atoms with Gasteiger partial charge < -0.3 is 20.1 Å². The number of nitrogens with zero attached hydrogens (tertiary/aromatic N) is 3. The number of nitrogens with two attached hydrogens (primary N) is 1. The maximum Gasteiger partial charge on any atom is 0.417 e. The number of rotatable bonds is 2. The van der Waals surface area contributed by atoms with Crippen molar-refractivity contribution in [3.63, 3.8) is 0 Å². The maximum atomic E-state index is 13.7. The number of fused-ring (bicyclic) bond motifs is 1. The fraction of sp³-hybridized carbons (Fsp3) is 0.375. The molecule has 1 atom stereocenters. The Morgan fingerprint density at radius 3 is 2.65 bits per heavy atom. The molecule has 0 saturated carbocycles. The number of morpholine rings is 1. The van der Waals surface area contributed by atoms with E-state index in [2.05, 4.69) is 9.97 Å². The molecule has 4 heterocycles.